The van der Waals surface area contributed by atoms with Gasteiger partial charge in [0, 0.05) is 30.3 Å². The lowest BCUT2D eigenvalue weighted by Crippen LogP contribution is -2.52. The topological polar surface area (TPSA) is 64.1 Å². The van der Waals surface area contributed by atoms with E-state index in [1.165, 1.54) is 18.7 Å². The number of rotatable bonds is 6. The molecular weight excluding hydrogens is 358 g/mol. The van der Waals surface area contributed by atoms with Crippen LogP contribution in [0, 0.1) is 0 Å². The predicted octanol–water partition coefficient (Wildman–Crippen LogP) is 4.28. The molecule has 140 valence electrons. The summed E-state index contributed by atoms with van der Waals surface area (Å²) in [5.74, 6) is 0.446. The highest BCUT2D eigenvalue weighted by Crippen LogP contribution is 2.34. The molecule has 0 radical (unpaired) electrons. The van der Waals surface area contributed by atoms with E-state index in [2.05, 4.69) is 16.4 Å². The first-order valence-electron chi connectivity index (χ1n) is 8.69. The Morgan fingerprint density at radius 1 is 1.19 bits per heavy atom. The van der Waals surface area contributed by atoms with Crippen LogP contribution in [-0.4, -0.2) is 33.1 Å². The van der Waals surface area contributed by atoms with E-state index in [1.807, 2.05) is 56.5 Å². The Bertz CT molecular complexity index is 945. The van der Waals surface area contributed by atoms with Gasteiger partial charge < -0.3 is 10.1 Å². The first-order chi connectivity index (χ1) is 12.9. The number of fused-ring (bicyclic) bond motifs is 1. The first-order valence-corrected chi connectivity index (χ1v) is 9.98. The molecule has 1 unspecified atom stereocenters. The summed E-state index contributed by atoms with van der Waals surface area (Å²) in [6.07, 6.45) is 5.46. The van der Waals surface area contributed by atoms with Gasteiger partial charge in [0.05, 0.1) is 11.1 Å². The molecule has 0 bridgehead atoms. The Morgan fingerprint density at radius 2 is 1.89 bits per heavy atom. The molecule has 0 fully saturated rings. The number of pyridine rings is 2. The number of aromatic nitrogens is 2. The molecule has 5 nitrogen and oxygen atoms in total. The van der Waals surface area contributed by atoms with Gasteiger partial charge in [0.2, 0.25) is 11.8 Å². The molecule has 0 saturated carbocycles. The summed E-state index contributed by atoms with van der Waals surface area (Å²) in [6.45, 7) is 5.40. The molecule has 0 saturated heterocycles. The number of benzene rings is 1. The summed E-state index contributed by atoms with van der Waals surface area (Å²) in [5.41, 5.74) is 1.87. The second kappa shape index (κ2) is 7.96. The quantitative estimate of drug-likeness (QED) is 0.646. The van der Waals surface area contributed by atoms with E-state index in [0.29, 0.717) is 5.88 Å². The number of thioether (sulfide) groups is 1. The number of nitrogens with one attached hydrogen (secondary N) is 1. The van der Waals surface area contributed by atoms with Crippen molar-refractivity contribution in [2.75, 3.05) is 6.26 Å². The third kappa shape index (κ3) is 4.39. The van der Waals surface area contributed by atoms with E-state index in [4.69, 9.17) is 9.72 Å². The Kier molecular flexibility index (Phi) is 5.65. The summed E-state index contributed by atoms with van der Waals surface area (Å²) in [5, 5.41) is 4.00. The molecule has 0 aliphatic rings. The van der Waals surface area contributed by atoms with Crippen molar-refractivity contribution in [1.29, 1.82) is 0 Å². The van der Waals surface area contributed by atoms with Crippen LogP contribution in [0.25, 0.3) is 22.0 Å². The van der Waals surface area contributed by atoms with Gasteiger partial charge in [-0.15, -0.1) is 11.8 Å². The zero-order chi connectivity index (χ0) is 19.4. The van der Waals surface area contributed by atoms with Gasteiger partial charge in [-0.25, -0.2) is 4.98 Å². The number of hydrogen-bond donors (Lipinski definition) is 1. The van der Waals surface area contributed by atoms with Gasteiger partial charge in [-0.3, -0.25) is 9.78 Å². The van der Waals surface area contributed by atoms with E-state index in [9.17, 15) is 4.79 Å². The number of amides is 1. The van der Waals surface area contributed by atoms with Crippen LogP contribution in [-0.2, 0) is 4.79 Å². The fourth-order valence-corrected chi connectivity index (χ4v) is 3.87. The van der Waals surface area contributed by atoms with Crippen LogP contribution in [0.5, 0.6) is 5.88 Å². The molecule has 0 spiro atoms. The third-order valence-electron chi connectivity index (χ3n) is 4.20. The largest absolute Gasteiger partial charge is 0.460 e. The van der Waals surface area contributed by atoms with Crippen LogP contribution >= 0.6 is 11.8 Å². The van der Waals surface area contributed by atoms with Crippen LogP contribution in [0.4, 0.5) is 0 Å². The summed E-state index contributed by atoms with van der Waals surface area (Å²) in [4.78, 5) is 20.5. The molecular formula is C21H23N3O2S. The highest BCUT2D eigenvalue weighted by Gasteiger charge is 2.32. The van der Waals surface area contributed by atoms with E-state index >= 15 is 0 Å². The van der Waals surface area contributed by atoms with Crippen molar-refractivity contribution in [3.63, 3.8) is 0 Å². The van der Waals surface area contributed by atoms with Crippen LogP contribution in [0.3, 0.4) is 0 Å². The second-order valence-corrected chi connectivity index (χ2v) is 7.76. The zero-order valence-electron chi connectivity index (χ0n) is 15.9. The lowest BCUT2D eigenvalue weighted by atomic mass is 10.0. The van der Waals surface area contributed by atoms with Gasteiger partial charge in [0.25, 0.3) is 0 Å². The van der Waals surface area contributed by atoms with E-state index in [1.54, 1.807) is 12.4 Å². The van der Waals surface area contributed by atoms with Gasteiger partial charge >= 0.3 is 0 Å². The lowest BCUT2D eigenvalue weighted by molar-refractivity contribution is -0.121. The van der Waals surface area contributed by atoms with E-state index in [-0.39, 0.29) is 11.3 Å². The number of carbonyl (C=O) groups is 1. The molecule has 1 atom stereocenters. The molecule has 6 heteroatoms. The molecule has 0 aliphatic heterocycles. The van der Waals surface area contributed by atoms with E-state index < -0.39 is 5.54 Å². The fourth-order valence-electron chi connectivity index (χ4n) is 3.03. The molecule has 0 aliphatic carbocycles. The standard InChI is InChI=1S/C21H23N3O2S/c1-14(25)24-21(2,3)20(27-4)26-19-17(15-9-11-22-12-10-15)13-16-7-5-6-8-18(16)23-19/h5-13,20H,1-4H3,(H,24,25). The maximum Gasteiger partial charge on any atom is 0.223 e. The minimum absolute atomic E-state index is 0.0940. The number of carbonyl (C=O) groups excluding carboxylic acids is 1. The molecule has 1 aromatic carbocycles. The van der Waals surface area contributed by atoms with Gasteiger partial charge in [-0.2, -0.15) is 0 Å². The van der Waals surface area contributed by atoms with E-state index in [0.717, 1.165) is 22.0 Å². The highest BCUT2D eigenvalue weighted by atomic mass is 32.2. The average molecular weight is 382 g/mol. The first kappa shape index (κ1) is 19.2. The van der Waals surface area contributed by atoms with Crippen molar-refractivity contribution in [2.45, 2.75) is 31.7 Å². The highest BCUT2D eigenvalue weighted by molar-refractivity contribution is 7.99. The molecule has 2 heterocycles. The summed E-state index contributed by atoms with van der Waals surface area (Å²) in [6, 6.07) is 13.9. The van der Waals surface area contributed by atoms with Crippen molar-refractivity contribution in [3.8, 4) is 17.0 Å². The Labute approximate surface area is 163 Å². The Hall–Kier alpha value is -2.60. The molecule has 1 amide bonds. The molecule has 2 aromatic heterocycles. The summed E-state index contributed by atoms with van der Waals surface area (Å²) in [7, 11) is 0. The second-order valence-electron chi connectivity index (χ2n) is 6.86. The van der Waals surface area contributed by atoms with Gasteiger partial charge in [-0.05, 0) is 49.9 Å². The maximum absolute atomic E-state index is 11.6. The summed E-state index contributed by atoms with van der Waals surface area (Å²) < 4.78 is 6.34. The predicted molar refractivity (Wildman–Crippen MR) is 111 cm³/mol. The smallest absolute Gasteiger partial charge is 0.223 e. The molecule has 3 aromatic rings. The molecule has 27 heavy (non-hydrogen) atoms. The zero-order valence-corrected chi connectivity index (χ0v) is 16.7. The molecule has 1 N–H and O–H groups in total. The Balaban J connectivity index is 2.07. The summed E-state index contributed by atoms with van der Waals surface area (Å²) >= 11 is 1.53. The fraction of sp³-hybridized carbons (Fsp3) is 0.286. The number of ether oxygens (including phenoxy) is 1. The SMILES string of the molecule is CSC(Oc1nc2ccccc2cc1-c1ccncc1)C(C)(C)NC(C)=O. The number of nitrogens with zero attached hydrogens (tertiary/aromatic N) is 2. The Morgan fingerprint density at radius 3 is 2.56 bits per heavy atom. The minimum atomic E-state index is -0.561. The van der Waals surface area contributed by atoms with Crippen LogP contribution in [0.1, 0.15) is 20.8 Å². The average Bonchev–Trinajstić information content (AvgIpc) is 2.65. The van der Waals surface area contributed by atoms with Gasteiger partial charge in [0.15, 0.2) is 5.44 Å². The van der Waals surface area contributed by atoms with Gasteiger partial charge in [0.1, 0.15) is 0 Å². The number of para-hydroxylation sites is 1. The monoisotopic (exact) mass is 381 g/mol. The molecule has 3 rings (SSSR count). The van der Waals surface area contributed by atoms with Crippen molar-refractivity contribution < 1.29 is 9.53 Å². The van der Waals surface area contributed by atoms with Crippen molar-refractivity contribution in [1.82, 2.24) is 15.3 Å². The van der Waals surface area contributed by atoms with Crippen molar-refractivity contribution in [2.24, 2.45) is 0 Å². The van der Waals surface area contributed by atoms with Gasteiger partial charge in [-0.1, -0.05) is 18.2 Å². The third-order valence-corrected chi connectivity index (χ3v) is 5.31. The normalized spacial score (nSPS) is 12.6. The lowest BCUT2D eigenvalue weighted by Gasteiger charge is -2.34. The van der Waals surface area contributed by atoms with Crippen molar-refractivity contribution >= 4 is 28.6 Å². The van der Waals surface area contributed by atoms with Crippen molar-refractivity contribution in [3.05, 3.63) is 54.9 Å². The maximum atomic E-state index is 11.6. The van der Waals surface area contributed by atoms with Crippen LogP contribution < -0.4 is 10.1 Å². The van der Waals surface area contributed by atoms with Crippen LogP contribution in [0.2, 0.25) is 0 Å². The number of hydrogen-bond acceptors (Lipinski definition) is 5. The minimum Gasteiger partial charge on any atom is -0.460 e. The van der Waals surface area contributed by atoms with Crippen LogP contribution in [0.15, 0.2) is 54.9 Å².